The highest BCUT2D eigenvalue weighted by molar-refractivity contribution is 5.70. The van der Waals surface area contributed by atoms with Gasteiger partial charge in [0, 0.05) is 23.6 Å². The van der Waals surface area contributed by atoms with E-state index in [2.05, 4.69) is 20.4 Å². The molecule has 3 aromatic rings. The summed E-state index contributed by atoms with van der Waals surface area (Å²) in [6.45, 7) is 6.86. The second kappa shape index (κ2) is 8.08. The van der Waals surface area contributed by atoms with Gasteiger partial charge in [-0.25, -0.2) is 18.7 Å². The lowest BCUT2D eigenvalue weighted by molar-refractivity contribution is -0.139. The van der Waals surface area contributed by atoms with Gasteiger partial charge in [0.1, 0.15) is 11.8 Å². The van der Waals surface area contributed by atoms with Crippen molar-refractivity contribution in [2.45, 2.75) is 45.6 Å². The van der Waals surface area contributed by atoms with Crippen molar-refractivity contribution in [3.05, 3.63) is 54.1 Å². The van der Waals surface area contributed by atoms with Crippen molar-refractivity contribution in [2.75, 3.05) is 11.9 Å². The highest BCUT2D eigenvalue weighted by atomic mass is 19.3. The van der Waals surface area contributed by atoms with Gasteiger partial charge < -0.3 is 14.8 Å². The van der Waals surface area contributed by atoms with Crippen LogP contribution in [0.3, 0.4) is 0 Å². The smallest absolute Gasteiger partial charge is 0.280 e. The van der Waals surface area contributed by atoms with Crippen LogP contribution in [0.1, 0.15) is 31.5 Å². The molecule has 158 valence electrons. The average molecular weight is 415 g/mol. The van der Waals surface area contributed by atoms with Crippen LogP contribution >= 0.6 is 0 Å². The summed E-state index contributed by atoms with van der Waals surface area (Å²) in [6.07, 6.45) is 2.34. The largest absolute Gasteiger partial charge is 0.348 e. The zero-order valence-corrected chi connectivity index (χ0v) is 17.0. The van der Waals surface area contributed by atoms with Crippen LogP contribution < -0.4 is 5.32 Å². The van der Waals surface area contributed by atoms with Gasteiger partial charge >= 0.3 is 0 Å². The first-order chi connectivity index (χ1) is 14.3. The molecule has 0 spiro atoms. The lowest BCUT2D eigenvalue weighted by Gasteiger charge is -2.16. The minimum absolute atomic E-state index is 0.0539. The summed E-state index contributed by atoms with van der Waals surface area (Å²) in [5.41, 5.74) is 3.27. The lowest BCUT2D eigenvalue weighted by atomic mass is 10.1. The van der Waals surface area contributed by atoms with Crippen LogP contribution in [0.5, 0.6) is 0 Å². The number of rotatable bonds is 6. The Balaban J connectivity index is 1.51. The summed E-state index contributed by atoms with van der Waals surface area (Å²) >= 11 is 0. The van der Waals surface area contributed by atoms with Crippen molar-refractivity contribution in [1.82, 2.24) is 19.7 Å². The SMILES string of the molecule is Cc1cc(Nc2nccc(C(F)F)n2)cc(-c2cnn(CC3COC(C)(C)O3)c2)c1. The Morgan fingerprint density at radius 3 is 2.83 bits per heavy atom. The molecular weight excluding hydrogens is 392 g/mol. The van der Waals surface area contributed by atoms with Crippen LogP contribution in [-0.2, 0) is 16.0 Å². The maximum Gasteiger partial charge on any atom is 0.280 e. The van der Waals surface area contributed by atoms with Gasteiger partial charge in [0.2, 0.25) is 5.95 Å². The fraction of sp³-hybridized carbons (Fsp3) is 0.381. The Morgan fingerprint density at radius 1 is 1.27 bits per heavy atom. The zero-order valence-electron chi connectivity index (χ0n) is 17.0. The zero-order chi connectivity index (χ0) is 21.3. The molecule has 1 aliphatic heterocycles. The maximum atomic E-state index is 12.9. The number of nitrogens with zero attached hydrogens (tertiary/aromatic N) is 4. The van der Waals surface area contributed by atoms with Gasteiger partial charge in [0.25, 0.3) is 6.43 Å². The summed E-state index contributed by atoms with van der Waals surface area (Å²) in [7, 11) is 0. The quantitative estimate of drug-likeness (QED) is 0.640. The third-order valence-corrected chi connectivity index (χ3v) is 4.66. The number of benzene rings is 1. The molecule has 3 heterocycles. The fourth-order valence-electron chi connectivity index (χ4n) is 3.38. The molecule has 2 aromatic heterocycles. The lowest BCUT2D eigenvalue weighted by Crippen LogP contribution is -2.24. The predicted molar refractivity (Wildman–Crippen MR) is 108 cm³/mol. The topological polar surface area (TPSA) is 74.1 Å². The molecule has 1 aliphatic rings. The minimum Gasteiger partial charge on any atom is -0.348 e. The second-order valence-electron chi connectivity index (χ2n) is 7.72. The standard InChI is InChI=1S/C21H23F2N5O2/c1-13-6-14(8-16(7-13)26-20-24-5-4-18(27-20)19(22)23)15-9-25-28(10-15)11-17-12-29-21(2,3)30-17/h4-10,17,19H,11-12H2,1-3H3,(H,24,26,27). The molecule has 4 rings (SSSR count). The molecule has 1 aromatic carbocycles. The molecule has 30 heavy (non-hydrogen) atoms. The molecule has 7 nitrogen and oxygen atoms in total. The molecule has 0 aliphatic carbocycles. The van der Waals surface area contributed by atoms with E-state index in [4.69, 9.17) is 9.47 Å². The number of aryl methyl sites for hydroxylation is 1. The van der Waals surface area contributed by atoms with Gasteiger partial charge in [-0.15, -0.1) is 0 Å². The van der Waals surface area contributed by atoms with E-state index in [1.54, 1.807) is 6.20 Å². The van der Waals surface area contributed by atoms with Gasteiger partial charge in [0.15, 0.2) is 5.79 Å². The third-order valence-electron chi connectivity index (χ3n) is 4.66. The van der Waals surface area contributed by atoms with Crippen molar-refractivity contribution < 1.29 is 18.3 Å². The molecular formula is C21H23F2N5O2. The van der Waals surface area contributed by atoms with E-state index in [0.717, 1.165) is 16.7 Å². The molecule has 1 atom stereocenters. The van der Waals surface area contributed by atoms with Crippen LogP contribution in [-0.4, -0.2) is 38.2 Å². The number of aromatic nitrogens is 4. The molecule has 1 N–H and O–H groups in total. The Labute approximate surface area is 173 Å². The Kier molecular flexibility index (Phi) is 5.48. The van der Waals surface area contributed by atoms with E-state index >= 15 is 0 Å². The molecule has 1 saturated heterocycles. The van der Waals surface area contributed by atoms with E-state index in [0.29, 0.717) is 18.8 Å². The Morgan fingerprint density at radius 2 is 2.10 bits per heavy atom. The maximum absolute atomic E-state index is 12.9. The minimum atomic E-state index is -2.65. The van der Waals surface area contributed by atoms with Crippen molar-refractivity contribution in [3.8, 4) is 11.1 Å². The van der Waals surface area contributed by atoms with E-state index in [9.17, 15) is 8.78 Å². The Bertz CT molecular complexity index is 1040. The third kappa shape index (κ3) is 4.80. The predicted octanol–water partition coefficient (Wildman–Crippen LogP) is 4.48. The molecule has 0 radical (unpaired) electrons. The summed E-state index contributed by atoms with van der Waals surface area (Å²) in [4.78, 5) is 7.88. The van der Waals surface area contributed by atoms with Gasteiger partial charge in [-0.3, -0.25) is 4.68 Å². The Hall–Kier alpha value is -2.91. The van der Waals surface area contributed by atoms with Crippen molar-refractivity contribution in [3.63, 3.8) is 0 Å². The monoisotopic (exact) mass is 415 g/mol. The van der Waals surface area contributed by atoms with Crippen LogP contribution in [0.15, 0.2) is 42.9 Å². The van der Waals surface area contributed by atoms with Crippen LogP contribution in [0.4, 0.5) is 20.4 Å². The van der Waals surface area contributed by atoms with Crippen LogP contribution in [0.2, 0.25) is 0 Å². The van der Waals surface area contributed by atoms with Crippen molar-refractivity contribution in [1.29, 1.82) is 0 Å². The number of alkyl halides is 2. The van der Waals surface area contributed by atoms with Gasteiger partial charge in [-0.05, 0) is 50.1 Å². The first kappa shape index (κ1) is 20.4. The van der Waals surface area contributed by atoms with Gasteiger partial charge in [-0.1, -0.05) is 6.07 Å². The normalized spacial score (nSPS) is 18.1. The highest BCUT2D eigenvalue weighted by Gasteiger charge is 2.32. The van der Waals surface area contributed by atoms with E-state index in [-0.39, 0.29) is 17.7 Å². The number of hydrogen-bond acceptors (Lipinski definition) is 6. The van der Waals surface area contributed by atoms with Crippen molar-refractivity contribution >= 4 is 11.6 Å². The summed E-state index contributed by atoms with van der Waals surface area (Å²) in [5.74, 6) is -0.442. The molecule has 0 bridgehead atoms. The van der Waals surface area contributed by atoms with Crippen LogP contribution in [0.25, 0.3) is 11.1 Å². The van der Waals surface area contributed by atoms with Crippen LogP contribution in [0, 0.1) is 6.92 Å². The first-order valence-electron chi connectivity index (χ1n) is 9.62. The molecule has 1 unspecified atom stereocenters. The van der Waals surface area contributed by atoms with Gasteiger partial charge in [-0.2, -0.15) is 5.10 Å². The van der Waals surface area contributed by atoms with E-state index in [1.807, 2.05) is 49.8 Å². The van der Waals surface area contributed by atoms with Crippen molar-refractivity contribution in [2.24, 2.45) is 0 Å². The average Bonchev–Trinajstić information content (AvgIpc) is 3.28. The molecule has 1 fully saturated rings. The fourth-order valence-corrected chi connectivity index (χ4v) is 3.38. The summed E-state index contributed by atoms with van der Waals surface area (Å²) in [6, 6.07) is 7.04. The number of halogens is 2. The molecule has 9 heteroatoms. The number of hydrogen-bond donors (Lipinski definition) is 1. The number of anilines is 2. The second-order valence-corrected chi connectivity index (χ2v) is 7.72. The molecule has 0 saturated carbocycles. The summed E-state index contributed by atoms with van der Waals surface area (Å²) in [5, 5.41) is 7.44. The highest BCUT2D eigenvalue weighted by Crippen LogP contribution is 2.27. The number of nitrogens with one attached hydrogen (secondary N) is 1. The number of ether oxygens (including phenoxy) is 2. The first-order valence-corrected chi connectivity index (χ1v) is 9.62. The molecule has 0 amide bonds. The summed E-state index contributed by atoms with van der Waals surface area (Å²) < 4.78 is 39.0. The van der Waals surface area contributed by atoms with E-state index in [1.165, 1.54) is 12.3 Å². The van der Waals surface area contributed by atoms with Gasteiger partial charge in [0.05, 0.1) is 19.3 Å². The van der Waals surface area contributed by atoms with E-state index < -0.39 is 12.2 Å².